The van der Waals surface area contributed by atoms with Gasteiger partial charge in [-0.05, 0) is 36.8 Å². The highest BCUT2D eigenvalue weighted by Gasteiger charge is 2.35. The molecule has 1 N–H and O–H groups in total. The Labute approximate surface area is 148 Å². The fourth-order valence-electron chi connectivity index (χ4n) is 2.25. The maximum absolute atomic E-state index is 13.2. The van der Waals surface area contributed by atoms with Crippen LogP contribution in [-0.2, 0) is 6.18 Å². The minimum Gasteiger partial charge on any atom is -0.373 e. The lowest BCUT2D eigenvalue weighted by molar-refractivity contribution is -0.384. The van der Waals surface area contributed by atoms with Crippen molar-refractivity contribution in [1.82, 2.24) is 0 Å². The molecule has 128 valence electrons. The van der Waals surface area contributed by atoms with Crippen molar-refractivity contribution in [3.05, 3.63) is 67.1 Å². The second kappa shape index (κ2) is 6.98. The third-order valence-electron chi connectivity index (χ3n) is 3.31. The first-order chi connectivity index (χ1) is 11.1. The van der Waals surface area contributed by atoms with E-state index >= 15 is 0 Å². The summed E-state index contributed by atoms with van der Waals surface area (Å²) in [6.45, 7) is 1.49. The number of alkyl halides is 3. The number of hydrogen-bond donors (Lipinski definition) is 1. The highest BCUT2D eigenvalue weighted by Crippen LogP contribution is 2.38. The number of nitrogens with zero attached hydrogens (tertiary/aromatic N) is 1. The van der Waals surface area contributed by atoms with Gasteiger partial charge < -0.3 is 5.32 Å². The van der Waals surface area contributed by atoms with Crippen molar-refractivity contribution in [1.29, 1.82) is 0 Å². The summed E-state index contributed by atoms with van der Waals surface area (Å²) in [6, 6.07) is 6.81. The van der Waals surface area contributed by atoms with Gasteiger partial charge in [0.15, 0.2) is 0 Å². The van der Waals surface area contributed by atoms with Crippen LogP contribution >= 0.6 is 27.5 Å². The van der Waals surface area contributed by atoms with Gasteiger partial charge in [0.25, 0.3) is 5.69 Å². The Hall–Kier alpha value is -1.80. The Morgan fingerprint density at radius 2 is 1.92 bits per heavy atom. The number of anilines is 1. The number of nitrogens with one attached hydrogen (secondary N) is 1. The summed E-state index contributed by atoms with van der Waals surface area (Å²) in [4.78, 5) is 10.5. The van der Waals surface area contributed by atoms with Gasteiger partial charge >= 0.3 is 6.18 Å². The number of rotatable bonds is 4. The largest absolute Gasteiger partial charge is 0.416 e. The molecule has 2 rings (SSSR count). The van der Waals surface area contributed by atoms with Crippen LogP contribution < -0.4 is 5.32 Å². The van der Waals surface area contributed by atoms with E-state index in [2.05, 4.69) is 21.2 Å². The molecule has 1 unspecified atom stereocenters. The smallest absolute Gasteiger partial charge is 0.373 e. The molecular formula is C15H11BrClF3N2O2. The molecule has 0 fully saturated rings. The van der Waals surface area contributed by atoms with E-state index in [0.717, 1.165) is 6.07 Å². The average molecular weight is 424 g/mol. The first-order valence-corrected chi connectivity index (χ1v) is 7.84. The van der Waals surface area contributed by atoms with Gasteiger partial charge in [-0.1, -0.05) is 33.6 Å². The number of nitro benzene ring substituents is 1. The van der Waals surface area contributed by atoms with E-state index in [1.54, 1.807) is 0 Å². The van der Waals surface area contributed by atoms with Crippen LogP contribution in [0.3, 0.4) is 0 Å². The topological polar surface area (TPSA) is 55.2 Å². The van der Waals surface area contributed by atoms with E-state index in [1.165, 1.54) is 37.3 Å². The zero-order chi connectivity index (χ0) is 18.1. The lowest BCUT2D eigenvalue weighted by Crippen LogP contribution is -2.15. The van der Waals surface area contributed by atoms with Gasteiger partial charge in [0.2, 0.25) is 0 Å². The summed E-state index contributed by atoms with van der Waals surface area (Å²) >= 11 is 8.85. The molecule has 1 atom stereocenters. The molecule has 24 heavy (non-hydrogen) atoms. The van der Waals surface area contributed by atoms with E-state index in [4.69, 9.17) is 11.6 Å². The van der Waals surface area contributed by atoms with Gasteiger partial charge in [0.05, 0.1) is 10.5 Å². The van der Waals surface area contributed by atoms with Crippen molar-refractivity contribution >= 4 is 38.9 Å². The highest BCUT2D eigenvalue weighted by atomic mass is 79.9. The van der Waals surface area contributed by atoms with Crippen LogP contribution in [-0.4, -0.2) is 4.92 Å². The second-order valence-corrected chi connectivity index (χ2v) is 6.37. The highest BCUT2D eigenvalue weighted by molar-refractivity contribution is 9.10. The molecule has 0 amide bonds. The van der Waals surface area contributed by atoms with Gasteiger partial charge in [-0.2, -0.15) is 13.2 Å². The molecule has 2 aromatic rings. The van der Waals surface area contributed by atoms with Crippen LogP contribution in [0.25, 0.3) is 0 Å². The summed E-state index contributed by atoms with van der Waals surface area (Å²) in [5.41, 5.74) is -1.05. The van der Waals surface area contributed by atoms with Gasteiger partial charge in [-0.25, -0.2) is 0 Å². The lowest BCUT2D eigenvalue weighted by Gasteiger charge is -2.21. The van der Waals surface area contributed by atoms with Gasteiger partial charge in [-0.15, -0.1) is 0 Å². The third-order valence-corrected chi connectivity index (χ3v) is 4.04. The monoisotopic (exact) mass is 422 g/mol. The summed E-state index contributed by atoms with van der Waals surface area (Å²) in [6.07, 6.45) is -4.58. The van der Waals surface area contributed by atoms with E-state index < -0.39 is 22.7 Å². The van der Waals surface area contributed by atoms with Crippen molar-refractivity contribution in [3.63, 3.8) is 0 Å². The Morgan fingerprint density at radius 1 is 1.25 bits per heavy atom. The Morgan fingerprint density at radius 3 is 2.50 bits per heavy atom. The maximum Gasteiger partial charge on any atom is 0.416 e. The third kappa shape index (κ3) is 4.18. The summed E-state index contributed by atoms with van der Waals surface area (Å²) in [5, 5.41) is 13.8. The molecule has 0 saturated heterocycles. The van der Waals surface area contributed by atoms with Gasteiger partial charge in [0.1, 0.15) is 5.69 Å². The molecule has 0 radical (unpaired) electrons. The Balaban J connectivity index is 2.43. The van der Waals surface area contributed by atoms with E-state index in [9.17, 15) is 23.3 Å². The molecule has 0 aliphatic rings. The van der Waals surface area contributed by atoms with Gasteiger partial charge in [-0.3, -0.25) is 10.1 Å². The summed E-state index contributed by atoms with van der Waals surface area (Å²) in [7, 11) is 0. The molecule has 0 aliphatic carbocycles. The van der Waals surface area contributed by atoms with Crippen LogP contribution in [0.5, 0.6) is 0 Å². The van der Waals surface area contributed by atoms with E-state index in [1.807, 2.05) is 0 Å². The molecule has 0 heterocycles. The summed E-state index contributed by atoms with van der Waals surface area (Å²) in [5.74, 6) is 0. The lowest BCUT2D eigenvalue weighted by atomic mass is 10.0. The van der Waals surface area contributed by atoms with Crippen LogP contribution in [0, 0.1) is 10.1 Å². The standard InChI is InChI=1S/C15H11BrClF3N2O2/c1-8(11-4-3-10(17)7-12(11)15(18,19)20)21-13-6-9(16)2-5-14(13)22(23)24/h2-8,21H,1H3. The minimum atomic E-state index is -4.58. The molecule has 0 spiro atoms. The van der Waals surface area contributed by atoms with Crippen molar-refractivity contribution < 1.29 is 18.1 Å². The minimum absolute atomic E-state index is 0.0355. The molecule has 0 saturated carbocycles. The first kappa shape index (κ1) is 18.5. The van der Waals surface area contributed by atoms with Crippen LogP contribution in [0.1, 0.15) is 24.1 Å². The number of hydrogen-bond acceptors (Lipinski definition) is 3. The van der Waals surface area contributed by atoms with Gasteiger partial charge in [0, 0.05) is 21.6 Å². The molecule has 0 aliphatic heterocycles. The second-order valence-electron chi connectivity index (χ2n) is 5.01. The van der Waals surface area contributed by atoms with Crippen molar-refractivity contribution in [3.8, 4) is 0 Å². The number of nitro groups is 1. The number of benzene rings is 2. The quantitative estimate of drug-likeness (QED) is 0.470. The predicted molar refractivity (Wildman–Crippen MR) is 89.3 cm³/mol. The molecule has 0 aromatic heterocycles. The SMILES string of the molecule is CC(Nc1cc(Br)ccc1[N+](=O)[O-])c1ccc(Cl)cc1C(F)(F)F. The van der Waals surface area contributed by atoms with Crippen LogP contribution in [0.4, 0.5) is 24.5 Å². The fraction of sp³-hybridized carbons (Fsp3) is 0.200. The molecule has 9 heteroatoms. The maximum atomic E-state index is 13.2. The first-order valence-electron chi connectivity index (χ1n) is 6.66. The van der Waals surface area contributed by atoms with Crippen molar-refractivity contribution in [2.45, 2.75) is 19.1 Å². The molecule has 4 nitrogen and oxygen atoms in total. The average Bonchev–Trinajstić information content (AvgIpc) is 2.45. The zero-order valence-electron chi connectivity index (χ0n) is 12.2. The Kier molecular flexibility index (Phi) is 5.39. The van der Waals surface area contributed by atoms with Crippen LogP contribution in [0.2, 0.25) is 5.02 Å². The normalized spacial score (nSPS) is 12.8. The molecule has 0 bridgehead atoms. The molecule has 2 aromatic carbocycles. The Bertz CT molecular complexity index is 784. The van der Waals surface area contributed by atoms with Crippen LogP contribution in [0.15, 0.2) is 40.9 Å². The van der Waals surface area contributed by atoms with E-state index in [0.29, 0.717) is 4.47 Å². The summed E-state index contributed by atoms with van der Waals surface area (Å²) < 4.78 is 40.2. The van der Waals surface area contributed by atoms with Crippen molar-refractivity contribution in [2.75, 3.05) is 5.32 Å². The molecular weight excluding hydrogens is 413 g/mol. The van der Waals surface area contributed by atoms with E-state index in [-0.39, 0.29) is 22.0 Å². The number of halogens is 5. The van der Waals surface area contributed by atoms with Crippen molar-refractivity contribution in [2.24, 2.45) is 0 Å². The predicted octanol–water partition coefficient (Wildman–Crippen LogP) is 6.20. The fourth-order valence-corrected chi connectivity index (χ4v) is 2.78. The zero-order valence-corrected chi connectivity index (χ0v) is 14.5.